The van der Waals surface area contributed by atoms with Crippen molar-refractivity contribution in [2.75, 3.05) is 73.6 Å². The largest absolute Gasteiger partial charge is 0.482 e. The number of fused-ring (bicyclic) bond motifs is 4. The van der Waals surface area contributed by atoms with Crippen LogP contribution in [0.5, 0.6) is 17.2 Å². The molecule has 0 radical (unpaired) electrons. The Morgan fingerprint density at radius 1 is 0.881 bits per heavy atom. The number of piperazine rings is 2. The highest BCUT2D eigenvalue weighted by molar-refractivity contribution is 6.11. The normalized spacial score (nSPS) is 29.6. The van der Waals surface area contributed by atoms with Crippen molar-refractivity contribution < 1.29 is 48.0 Å². The van der Waals surface area contributed by atoms with Gasteiger partial charge in [0.15, 0.2) is 28.5 Å². The zero-order valence-electron chi connectivity index (χ0n) is 41.8. The molecule has 14 heteroatoms. The van der Waals surface area contributed by atoms with Crippen LogP contribution in [0.25, 0.3) is 6.08 Å². The van der Waals surface area contributed by atoms with Gasteiger partial charge < -0.3 is 38.8 Å². The first-order valence-corrected chi connectivity index (χ1v) is 24.4. The standard InChI is InChI=1S/C53H74N4O10/c1-32(2)13-12-20-51(8)21-19-37-46(66-51)36(15-14-33(3)4)48-42(47(37)65-41(59)17-16-40(58)56-27-23-54(9)24-28-56)45(60)43-44(57-29-25-55(10)26-30-57)38-31-39(34(5)6)53(43,67-48)52(63,49(38)61)22-18-35(7)50(62)64-11/h13-14,18-19,21,34,38-39,43-44,63H,12,15-17,20,22-31H2,1-11H3/b35-18-. The average molecular weight is 927 g/mol. The number of benzene rings is 1. The molecule has 3 saturated carbocycles. The van der Waals surface area contributed by atoms with E-state index < -0.39 is 58.3 Å². The van der Waals surface area contributed by atoms with Gasteiger partial charge in [0.25, 0.3) is 0 Å². The maximum Gasteiger partial charge on any atom is 0.333 e. The van der Waals surface area contributed by atoms with E-state index in [4.69, 9.17) is 18.9 Å². The summed E-state index contributed by atoms with van der Waals surface area (Å²) in [6.07, 6.45) is 11.0. The van der Waals surface area contributed by atoms with E-state index in [0.717, 1.165) is 25.1 Å². The van der Waals surface area contributed by atoms with Crippen molar-refractivity contribution in [2.45, 2.75) is 123 Å². The minimum Gasteiger partial charge on any atom is -0.482 e. The molecule has 2 bridgehead atoms. The third-order valence-electron chi connectivity index (χ3n) is 15.4. The van der Waals surface area contributed by atoms with Crippen LogP contribution in [0.3, 0.4) is 0 Å². The van der Waals surface area contributed by atoms with Gasteiger partial charge in [-0.2, -0.15) is 0 Å². The second-order valence-electron chi connectivity index (χ2n) is 21.0. The van der Waals surface area contributed by atoms with Gasteiger partial charge >= 0.3 is 11.9 Å². The molecule has 7 unspecified atom stereocenters. The maximum atomic E-state index is 16.4. The lowest BCUT2D eigenvalue weighted by atomic mass is 9.43. The summed E-state index contributed by atoms with van der Waals surface area (Å²) in [7, 11) is 5.34. The Hall–Kier alpha value is -4.63. The number of hydrogen-bond donors (Lipinski definition) is 1. The van der Waals surface area contributed by atoms with E-state index in [1.54, 1.807) is 11.8 Å². The molecule has 1 N–H and O–H groups in total. The van der Waals surface area contributed by atoms with E-state index in [1.165, 1.54) is 18.8 Å². The number of Topliss-reactive ketones (excluding diaryl/α,β-unsaturated/α-hetero) is 2. The number of carbonyl (C=O) groups excluding carboxylic acids is 5. The lowest BCUT2D eigenvalue weighted by molar-refractivity contribution is -0.254. The van der Waals surface area contributed by atoms with Gasteiger partial charge in [0.1, 0.15) is 22.7 Å². The van der Waals surface area contributed by atoms with E-state index in [9.17, 15) is 19.5 Å². The molecule has 2 saturated heterocycles. The second kappa shape index (κ2) is 19.8. The van der Waals surface area contributed by atoms with Crippen LogP contribution < -0.4 is 14.2 Å². The first-order chi connectivity index (χ1) is 31.7. The van der Waals surface area contributed by atoms with Crippen molar-refractivity contribution >= 4 is 35.5 Å². The van der Waals surface area contributed by atoms with Crippen molar-refractivity contribution in [1.82, 2.24) is 19.6 Å². The van der Waals surface area contributed by atoms with E-state index in [1.807, 2.05) is 66.9 Å². The Morgan fingerprint density at radius 3 is 2.13 bits per heavy atom. The molecule has 1 aromatic rings. The number of likely N-dealkylation sites (N-methyl/N-ethyl adjacent to an activating group) is 2. The molecular formula is C53H74N4O10. The molecule has 1 aromatic carbocycles. The van der Waals surface area contributed by atoms with E-state index in [0.29, 0.717) is 69.0 Å². The second-order valence-corrected chi connectivity index (χ2v) is 21.0. The zero-order chi connectivity index (χ0) is 48.7. The number of amides is 1. The number of ketones is 2. The Kier molecular flexibility index (Phi) is 14.8. The van der Waals surface area contributed by atoms with Crippen LogP contribution >= 0.6 is 0 Å². The van der Waals surface area contributed by atoms with Gasteiger partial charge in [-0.1, -0.05) is 43.2 Å². The minimum atomic E-state index is -2.26. The van der Waals surface area contributed by atoms with Gasteiger partial charge in [0.2, 0.25) is 5.91 Å². The number of ether oxygens (including phenoxy) is 4. The summed E-state index contributed by atoms with van der Waals surface area (Å²) in [6.45, 7) is 20.9. The van der Waals surface area contributed by atoms with Crippen LogP contribution in [-0.4, -0.2) is 151 Å². The van der Waals surface area contributed by atoms with Gasteiger partial charge in [-0.25, -0.2) is 4.79 Å². The highest BCUT2D eigenvalue weighted by Gasteiger charge is 2.79. The molecule has 1 amide bonds. The van der Waals surface area contributed by atoms with Crippen LogP contribution in [0, 0.1) is 23.7 Å². The smallest absolute Gasteiger partial charge is 0.333 e. The first kappa shape index (κ1) is 50.3. The topological polar surface area (TPSA) is 155 Å². The SMILES string of the molecule is COC(=O)/C(C)=C\CC1(O)C(=O)C2CC(C(C)C)C13Oc1c(CC=C(C)C)c4c(c(OC(=O)CCC(=O)N5CCN(C)CC5)c1C(=O)C3C2N1CCN(C)CC1)C=CC(C)(CCC=C(C)C)O4. The zero-order valence-corrected chi connectivity index (χ0v) is 41.8. The third kappa shape index (κ3) is 9.44. The monoisotopic (exact) mass is 927 g/mol. The summed E-state index contributed by atoms with van der Waals surface area (Å²) in [5.74, 6) is -4.23. The van der Waals surface area contributed by atoms with Crippen molar-refractivity contribution in [3.8, 4) is 17.2 Å². The molecule has 4 aliphatic heterocycles. The molecule has 0 aromatic heterocycles. The number of methoxy groups -OCH3 is 1. The van der Waals surface area contributed by atoms with Crippen molar-refractivity contribution in [1.29, 1.82) is 0 Å². The van der Waals surface area contributed by atoms with Crippen molar-refractivity contribution in [2.24, 2.45) is 23.7 Å². The highest BCUT2D eigenvalue weighted by Crippen LogP contribution is 2.65. The molecule has 366 valence electrons. The molecule has 8 rings (SSSR count). The summed E-state index contributed by atoms with van der Waals surface area (Å²) < 4.78 is 26.2. The Balaban J connectivity index is 1.46. The predicted molar refractivity (Wildman–Crippen MR) is 256 cm³/mol. The van der Waals surface area contributed by atoms with Crippen LogP contribution in [0.1, 0.15) is 115 Å². The maximum absolute atomic E-state index is 16.4. The third-order valence-corrected chi connectivity index (χ3v) is 15.4. The molecule has 3 aliphatic carbocycles. The lowest BCUT2D eigenvalue weighted by Crippen LogP contribution is -2.85. The Labute approximate surface area is 397 Å². The van der Waals surface area contributed by atoms with Gasteiger partial charge in [-0.15, -0.1) is 0 Å². The molecule has 7 atom stereocenters. The van der Waals surface area contributed by atoms with E-state index in [2.05, 4.69) is 34.6 Å². The van der Waals surface area contributed by atoms with Crippen LogP contribution in [0.2, 0.25) is 0 Å². The molecule has 67 heavy (non-hydrogen) atoms. The molecule has 5 fully saturated rings. The number of aliphatic hydroxyl groups is 1. The highest BCUT2D eigenvalue weighted by atomic mass is 16.6. The molecule has 14 nitrogen and oxygen atoms in total. The van der Waals surface area contributed by atoms with Crippen LogP contribution in [-0.2, 0) is 30.3 Å². The Bertz CT molecular complexity index is 2260. The summed E-state index contributed by atoms with van der Waals surface area (Å²) >= 11 is 0. The van der Waals surface area contributed by atoms with Crippen molar-refractivity contribution in [3.63, 3.8) is 0 Å². The minimum absolute atomic E-state index is 0.0126. The number of carbonyl (C=O) groups is 5. The predicted octanol–water partition coefficient (Wildman–Crippen LogP) is 6.23. The summed E-state index contributed by atoms with van der Waals surface area (Å²) in [5.41, 5.74) is -1.47. The Morgan fingerprint density at radius 2 is 1.52 bits per heavy atom. The van der Waals surface area contributed by atoms with E-state index in [-0.39, 0.29) is 65.9 Å². The molecule has 7 aliphatic rings. The number of hydrogen-bond acceptors (Lipinski definition) is 13. The van der Waals surface area contributed by atoms with E-state index >= 15 is 9.59 Å². The lowest BCUT2D eigenvalue weighted by Gasteiger charge is -2.68. The summed E-state index contributed by atoms with van der Waals surface area (Å²) in [6, 6.07) is -0.644. The molecule has 4 heterocycles. The van der Waals surface area contributed by atoms with Gasteiger partial charge in [-0.3, -0.25) is 24.1 Å². The molecule has 1 spiro atoms. The van der Waals surface area contributed by atoms with Gasteiger partial charge in [-0.05, 0) is 99.4 Å². The number of allylic oxidation sites excluding steroid dienone is 4. The van der Waals surface area contributed by atoms with Crippen molar-refractivity contribution in [3.05, 3.63) is 57.7 Å². The fraction of sp³-hybridized carbons (Fsp3) is 0.642. The number of rotatable bonds is 14. The van der Waals surface area contributed by atoms with Crippen LogP contribution in [0.4, 0.5) is 0 Å². The average Bonchev–Trinajstić information content (AvgIpc) is 3.28. The van der Waals surface area contributed by atoms with Crippen LogP contribution in [0.15, 0.2) is 41.0 Å². The first-order valence-electron chi connectivity index (χ1n) is 24.4. The summed E-state index contributed by atoms with van der Waals surface area (Å²) in [5, 5.41) is 13.5. The fourth-order valence-electron chi connectivity index (χ4n) is 11.5. The number of esters is 2. The van der Waals surface area contributed by atoms with Gasteiger partial charge in [0.05, 0.1) is 25.0 Å². The number of nitrogens with zero attached hydrogens (tertiary/aromatic N) is 4. The fourth-order valence-corrected chi connectivity index (χ4v) is 11.5. The van der Waals surface area contributed by atoms with Gasteiger partial charge in [0, 0.05) is 94.2 Å². The molecular weight excluding hydrogens is 853 g/mol. The quantitative estimate of drug-likeness (QED) is 0.0972. The summed E-state index contributed by atoms with van der Waals surface area (Å²) in [4.78, 5) is 80.6.